The first-order valence-electron chi connectivity index (χ1n) is 8.60. The fourth-order valence-corrected chi connectivity index (χ4v) is 4.02. The van der Waals surface area contributed by atoms with E-state index >= 15 is 0 Å². The number of thioether (sulfide) groups is 1. The van der Waals surface area contributed by atoms with Crippen LogP contribution in [0.2, 0.25) is 0 Å². The number of carbonyl (C=O) groups excluding carboxylic acids is 1. The highest BCUT2D eigenvalue weighted by molar-refractivity contribution is 7.99. The molecule has 3 rings (SSSR count). The molecule has 0 aliphatic heterocycles. The molecule has 0 bridgehead atoms. The SMILES string of the molecule is CCn1c(SCC(=O)NCC2CCCCC2)nnc1C1CC1. The van der Waals surface area contributed by atoms with Crippen LogP contribution >= 0.6 is 11.8 Å². The van der Waals surface area contributed by atoms with Gasteiger partial charge in [0.05, 0.1) is 5.75 Å². The molecule has 0 spiro atoms. The molecule has 0 atom stereocenters. The molecule has 1 aromatic rings. The summed E-state index contributed by atoms with van der Waals surface area (Å²) in [4.78, 5) is 12.0. The standard InChI is InChI=1S/C16H26N4OS/c1-2-20-15(13-8-9-13)18-19-16(20)22-11-14(21)17-10-12-6-4-3-5-7-12/h12-13H,2-11H2,1H3,(H,17,21). The Hall–Kier alpha value is -1.04. The second kappa shape index (κ2) is 7.49. The number of rotatable bonds is 7. The number of carbonyl (C=O) groups is 1. The van der Waals surface area contributed by atoms with Crippen molar-refractivity contribution in [3.8, 4) is 0 Å². The predicted octanol–water partition coefficient (Wildman–Crippen LogP) is 2.96. The summed E-state index contributed by atoms with van der Waals surface area (Å²) in [6, 6.07) is 0. The van der Waals surface area contributed by atoms with E-state index in [9.17, 15) is 4.79 Å². The molecule has 2 aliphatic carbocycles. The molecule has 0 radical (unpaired) electrons. The van der Waals surface area contributed by atoms with Crippen LogP contribution in [0.15, 0.2) is 5.16 Å². The summed E-state index contributed by atoms with van der Waals surface area (Å²) in [7, 11) is 0. The van der Waals surface area contributed by atoms with Crippen molar-refractivity contribution in [3.63, 3.8) is 0 Å². The van der Waals surface area contributed by atoms with Crippen molar-refractivity contribution >= 4 is 17.7 Å². The summed E-state index contributed by atoms with van der Waals surface area (Å²) in [5.74, 6) is 2.95. The van der Waals surface area contributed by atoms with Gasteiger partial charge in [-0.15, -0.1) is 10.2 Å². The Bertz CT molecular complexity index is 506. The topological polar surface area (TPSA) is 59.8 Å². The van der Waals surface area contributed by atoms with Gasteiger partial charge in [0.15, 0.2) is 5.16 Å². The molecule has 122 valence electrons. The smallest absolute Gasteiger partial charge is 0.230 e. The molecule has 2 saturated carbocycles. The Morgan fingerprint density at radius 3 is 2.68 bits per heavy atom. The first-order chi connectivity index (χ1) is 10.8. The zero-order valence-corrected chi connectivity index (χ0v) is 14.2. The van der Waals surface area contributed by atoms with Crippen LogP contribution in [0.3, 0.4) is 0 Å². The van der Waals surface area contributed by atoms with Crippen molar-refractivity contribution in [3.05, 3.63) is 5.82 Å². The molecule has 1 heterocycles. The molecule has 1 aromatic heterocycles. The summed E-state index contributed by atoms with van der Waals surface area (Å²) in [5.41, 5.74) is 0. The molecule has 0 unspecified atom stereocenters. The minimum absolute atomic E-state index is 0.120. The second-order valence-corrected chi connectivity index (χ2v) is 7.40. The van der Waals surface area contributed by atoms with Crippen molar-refractivity contribution in [2.45, 2.75) is 69.5 Å². The van der Waals surface area contributed by atoms with Gasteiger partial charge in [0.1, 0.15) is 5.82 Å². The van der Waals surface area contributed by atoms with E-state index in [4.69, 9.17) is 0 Å². The van der Waals surface area contributed by atoms with E-state index < -0.39 is 0 Å². The number of hydrogen-bond acceptors (Lipinski definition) is 4. The number of hydrogen-bond donors (Lipinski definition) is 1. The molecule has 1 N–H and O–H groups in total. The largest absolute Gasteiger partial charge is 0.355 e. The maximum absolute atomic E-state index is 12.0. The van der Waals surface area contributed by atoms with E-state index in [0.29, 0.717) is 17.6 Å². The third-order valence-corrected chi connectivity index (χ3v) is 5.62. The zero-order chi connectivity index (χ0) is 15.4. The fourth-order valence-electron chi connectivity index (χ4n) is 3.18. The molecular formula is C16H26N4OS. The highest BCUT2D eigenvalue weighted by Crippen LogP contribution is 2.39. The van der Waals surface area contributed by atoms with E-state index in [0.717, 1.165) is 24.1 Å². The lowest BCUT2D eigenvalue weighted by molar-refractivity contribution is -0.118. The maximum Gasteiger partial charge on any atom is 0.230 e. The van der Waals surface area contributed by atoms with Gasteiger partial charge in [0, 0.05) is 19.0 Å². The van der Waals surface area contributed by atoms with E-state index in [1.165, 1.54) is 56.7 Å². The Labute approximate surface area is 136 Å². The summed E-state index contributed by atoms with van der Waals surface area (Å²) < 4.78 is 2.16. The predicted molar refractivity (Wildman–Crippen MR) is 88.0 cm³/mol. The lowest BCUT2D eigenvalue weighted by Crippen LogP contribution is -2.31. The van der Waals surface area contributed by atoms with Gasteiger partial charge in [0.2, 0.25) is 5.91 Å². The van der Waals surface area contributed by atoms with Crippen LogP contribution in [-0.4, -0.2) is 33.0 Å². The summed E-state index contributed by atoms with van der Waals surface area (Å²) in [5, 5.41) is 12.5. The molecule has 1 amide bonds. The molecule has 0 saturated heterocycles. The second-order valence-electron chi connectivity index (χ2n) is 6.46. The minimum Gasteiger partial charge on any atom is -0.355 e. The summed E-state index contributed by atoms with van der Waals surface area (Å²) in [6.07, 6.45) is 8.98. The van der Waals surface area contributed by atoms with E-state index in [1.807, 2.05) is 0 Å². The van der Waals surface area contributed by atoms with Gasteiger partial charge in [-0.2, -0.15) is 0 Å². The highest BCUT2D eigenvalue weighted by atomic mass is 32.2. The lowest BCUT2D eigenvalue weighted by atomic mass is 9.89. The fraction of sp³-hybridized carbons (Fsp3) is 0.812. The third kappa shape index (κ3) is 4.03. The average molecular weight is 322 g/mol. The molecule has 0 aromatic carbocycles. The Morgan fingerprint density at radius 1 is 1.23 bits per heavy atom. The molecular weight excluding hydrogens is 296 g/mol. The van der Waals surface area contributed by atoms with Crippen LogP contribution in [-0.2, 0) is 11.3 Å². The van der Waals surface area contributed by atoms with Gasteiger partial charge in [-0.3, -0.25) is 4.79 Å². The summed E-state index contributed by atoms with van der Waals surface area (Å²) >= 11 is 1.51. The van der Waals surface area contributed by atoms with Crippen molar-refractivity contribution in [1.82, 2.24) is 20.1 Å². The van der Waals surface area contributed by atoms with Crippen molar-refractivity contribution < 1.29 is 4.79 Å². The first kappa shape index (κ1) is 15.8. The zero-order valence-electron chi connectivity index (χ0n) is 13.4. The Kier molecular flexibility index (Phi) is 5.39. The number of nitrogens with zero attached hydrogens (tertiary/aromatic N) is 3. The molecule has 6 heteroatoms. The van der Waals surface area contributed by atoms with Gasteiger partial charge in [-0.25, -0.2) is 0 Å². The van der Waals surface area contributed by atoms with Crippen molar-refractivity contribution in [2.75, 3.05) is 12.3 Å². The maximum atomic E-state index is 12.0. The number of aromatic nitrogens is 3. The Balaban J connectivity index is 1.44. The van der Waals surface area contributed by atoms with Crippen LogP contribution in [0, 0.1) is 5.92 Å². The van der Waals surface area contributed by atoms with Gasteiger partial charge < -0.3 is 9.88 Å². The van der Waals surface area contributed by atoms with E-state index in [2.05, 4.69) is 27.0 Å². The first-order valence-corrected chi connectivity index (χ1v) is 9.59. The normalized spacial score (nSPS) is 19.3. The minimum atomic E-state index is 0.120. The molecule has 22 heavy (non-hydrogen) atoms. The summed E-state index contributed by atoms with van der Waals surface area (Å²) in [6.45, 7) is 3.83. The van der Waals surface area contributed by atoms with Crippen LogP contribution in [0.25, 0.3) is 0 Å². The van der Waals surface area contributed by atoms with Gasteiger partial charge in [-0.1, -0.05) is 31.0 Å². The highest BCUT2D eigenvalue weighted by Gasteiger charge is 2.30. The number of nitrogens with one attached hydrogen (secondary N) is 1. The number of amides is 1. The van der Waals surface area contributed by atoms with Gasteiger partial charge in [0.25, 0.3) is 0 Å². The molecule has 5 nitrogen and oxygen atoms in total. The van der Waals surface area contributed by atoms with Crippen LogP contribution in [0.5, 0.6) is 0 Å². The Morgan fingerprint density at radius 2 is 2.00 bits per heavy atom. The van der Waals surface area contributed by atoms with Crippen molar-refractivity contribution in [1.29, 1.82) is 0 Å². The lowest BCUT2D eigenvalue weighted by Gasteiger charge is -2.21. The van der Waals surface area contributed by atoms with E-state index in [1.54, 1.807) is 0 Å². The van der Waals surface area contributed by atoms with Crippen molar-refractivity contribution in [2.24, 2.45) is 5.92 Å². The van der Waals surface area contributed by atoms with Crippen LogP contribution in [0.4, 0.5) is 0 Å². The van der Waals surface area contributed by atoms with E-state index in [-0.39, 0.29) is 5.91 Å². The van der Waals surface area contributed by atoms with Crippen LogP contribution in [0.1, 0.15) is 63.6 Å². The molecule has 2 fully saturated rings. The third-order valence-electron chi connectivity index (χ3n) is 4.65. The van der Waals surface area contributed by atoms with Crippen LogP contribution < -0.4 is 5.32 Å². The average Bonchev–Trinajstić information content (AvgIpc) is 3.32. The van der Waals surface area contributed by atoms with Gasteiger partial charge >= 0.3 is 0 Å². The quantitative estimate of drug-likeness (QED) is 0.784. The van der Waals surface area contributed by atoms with Gasteiger partial charge in [-0.05, 0) is 38.5 Å². The monoisotopic (exact) mass is 322 g/mol. The molecule has 2 aliphatic rings.